The molecule has 0 saturated carbocycles. The zero-order valence-electron chi connectivity index (χ0n) is 11.3. The van der Waals surface area contributed by atoms with E-state index in [1.807, 2.05) is 13.0 Å². The molecule has 0 aromatic heterocycles. The second kappa shape index (κ2) is 6.09. The van der Waals surface area contributed by atoms with Gasteiger partial charge in [0.15, 0.2) is 9.84 Å². The summed E-state index contributed by atoms with van der Waals surface area (Å²) in [5.74, 6) is 0. The molecule has 0 bridgehead atoms. The van der Waals surface area contributed by atoms with Crippen LogP contribution in [0.2, 0.25) is 0 Å². The number of para-hydroxylation sites is 1. The molecular weight excluding hydrogens is 248 g/mol. The second-order valence-corrected chi connectivity index (χ2v) is 6.38. The van der Waals surface area contributed by atoms with Gasteiger partial charge in [-0.2, -0.15) is 0 Å². The van der Waals surface area contributed by atoms with Gasteiger partial charge in [-0.15, -0.1) is 0 Å². The maximum Gasteiger partial charge on any atom is 0.177 e. The quantitative estimate of drug-likeness (QED) is 0.806. The number of hydrogen-bond acceptors (Lipinski definition) is 4. The van der Waals surface area contributed by atoms with Crippen LogP contribution in [0.25, 0.3) is 0 Å². The van der Waals surface area contributed by atoms with E-state index in [4.69, 9.17) is 5.73 Å². The van der Waals surface area contributed by atoms with Crippen molar-refractivity contribution in [1.82, 2.24) is 0 Å². The van der Waals surface area contributed by atoms with Crippen LogP contribution in [0.4, 0.5) is 11.4 Å². The molecule has 0 amide bonds. The first-order valence-corrected chi connectivity index (χ1v) is 8.14. The molecule has 0 aliphatic carbocycles. The van der Waals surface area contributed by atoms with E-state index in [2.05, 4.69) is 11.8 Å². The zero-order chi connectivity index (χ0) is 13.8. The Kier molecular flexibility index (Phi) is 5.02. The van der Waals surface area contributed by atoms with Crippen molar-refractivity contribution >= 4 is 21.2 Å². The number of rotatable bonds is 6. The van der Waals surface area contributed by atoms with Crippen molar-refractivity contribution < 1.29 is 8.42 Å². The summed E-state index contributed by atoms with van der Waals surface area (Å²) in [4.78, 5) is 2.34. The standard InChI is InChI=1S/C13H22N2O2S/c1-4-6-10-15(5-2)11-8-7-9-12(13(11)14)18(3,16)17/h7-9H,4-6,10,14H2,1-3H3. The van der Waals surface area contributed by atoms with E-state index >= 15 is 0 Å². The van der Waals surface area contributed by atoms with Crippen molar-refractivity contribution in [3.63, 3.8) is 0 Å². The van der Waals surface area contributed by atoms with Gasteiger partial charge in [0.25, 0.3) is 0 Å². The van der Waals surface area contributed by atoms with Gasteiger partial charge >= 0.3 is 0 Å². The molecule has 5 heteroatoms. The molecule has 0 fully saturated rings. The highest BCUT2D eigenvalue weighted by Gasteiger charge is 2.16. The third kappa shape index (κ3) is 3.38. The number of benzene rings is 1. The summed E-state index contributed by atoms with van der Waals surface area (Å²) in [5, 5.41) is 0. The molecule has 2 N–H and O–H groups in total. The Hall–Kier alpha value is -1.23. The first kappa shape index (κ1) is 14.8. The van der Waals surface area contributed by atoms with Crippen LogP contribution >= 0.6 is 0 Å². The average Bonchev–Trinajstić information content (AvgIpc) is 2.30. The minimum absolute atomic E-state index is 0.218. The molecule has 1 rings (SSSR count). The minimum atomic E-state index is -3.27. The van der Waals surface area contributed by atoms with Crippen LogP contribution in [0.3, 0.4) is 0 Å². The molecule has 0 aliphatic heterocycles. The topological polar surface area (TPSA) is 63.4 Å². The van der Waals surface area contributed by atoms with Crippen LogP contribution in [-0.4, -0.2) is 27.8 Å². The van der Waals surface area contributed by atoms with Crippen molar-refractivity contribution in [2.24, 2.45) is 0 Å². The summed E-state index contributed by atoms with van der Waals surface area (Å²) >= 11 is 0. The van der Waals surface area contributed by atoms with Crippen LogP contribution in [-0.2, 0) is 9.84 Å². The third-order valence-electron chi connectivity index (χ3n) is 2.95. The zero-order valence-corrected chi connectivity index (χ0v) is 12.1. The lowest BCUT2D eigenvalue weighted by molar-refractivity contribution is 0.602. The van der Waals surface area contributed by atoms with E-state index in [1.165, 1.54) is 6.26 Å². The monoisotopic (exact) mass is 270 g/mol. The highest BCUT2D eigenvalue weighted by atomic mass is 32.2. The Balaban J connectivity index is 3.17. The molecular formula is C13H22N2O2S. The summed E-state index contributed by atoms with van der Waals surface area (Å²) in [6, 6.07) is 5.18. The molecule has 0 unspecified atom stereocenters. The minimum Gasteiger partial charge on any atom is -0.396 e. The van der Waals surface area contributed by atoms with Gasteiger partial charge in [0, 0.05) is 19.3 Å². The molecule has 0 atom stereocenters. The van der Waals surface area contributed by atoms with Crippen LogP contribution in [0.1, 0.15) is 26.7 Å². The number of hydrogen-bond donors (Lipinski definition) is 1. The third-order valence-corrected chi connectivity index (χ3v) is 4.10. The molecule has 1 aromatic carbocycles. The summed E-state index contributed by atoms with van der Waals surface area (Å²) < 4.78 is 23.3. The van der Waals surface area contributed by atoms with Gasteiger partial charge in [0.1, 0.15) is 0 Å². The number of nitrogen functional groups attached to an aromatic ring is 1. The van der Waals surface area contributed by atoms with Gasteiger partial charge in [-0.25, -0.2) is 8.42 Å². The number of anilines is 2. The van der Waals surface area contributed by atoms with E-state index in [0.717, 1.165) is 31.6 Å². The van der Waals surface area contributed by atoms with Gasteiger partial charge < -0.3 is 10.6 Å². The fourth-order valence-corrected chi connectivity index (χ4v) is 2.76. The van der Waals surface area contributed by atoms with E-state index in [9.17, 15) is 8.42 Å². The lowest BCUT2D eigenvalue weighted by Crippen LogP contribution is -2.25. The molecule has 0 radical (unpaired) electrons. The second-order valence-electron chi connectivity index (χ2n) is 4.39. The SMILES string of the molecule is CCCCN(CC)c1cccc(S(C)(=O)=O)c1N. The Morgan fingerprint density at radius 3 is 2.44 bits per heavy atom. The normalized spacial score (nSPS) is 11.5. The van der Waals surface area contributed by atoms with Crippen molar-refractivity contribution in [2.75, 3.05) is 30.0 Å². The largest absolute Gasteiger partial charge is 0.396 e. The lowest BCUT2D eigenvalue weighted by atomic mass is 10.2. The molecule has 0 aliphatic rings. The Labute approximate surface area is 110 Å². The van der Waals surface area contributed by atoms with Crippen molar-refractivity contribution in [3.05, 3.63) is 18.2 Å². The Morgan fingerprint density at radius 2 is 1.94 bits per heavy atom. The van der Waals surface area contributed by atoms with Crippen molar-refractivity contribution in [2.45, 2.75) is 31.6 Å². The summed E-state index contributed by atoms with van der Waals surface area (Å²) in [5.41, 5.74) is 7.17. The van der Waals surface area contributed by atoms with E-state index in [0.29, 0.717) is 5.69 Å². The molecule has 0 spiro atoms. The van der Waals surface area contributed by atoms with Gasteiger partial charge in [-0.3, -0.25) is 0 Å². The predicted octanol–water partition coefficient (Wildman–Crippen LogP) is 2.30. The lowest BCUT2D eigenvalue weighted by Gasteiger charge is -2.25. The van der Waals surface area contributed by atoms with Crippen LogP contribution < -0.4 is 10.6 Å². The van der Waals surface area contributed by atoms with Gasteiger partial charge in [-0.05, 0) is 25.5 Å². The smallest absolute Gasteiger partial charge is 0.177 e. The van der Waals surface area contributed by atoms with Crippen molar-refractivity contribution in [1.29, 1.82) is 0 Å². The number of sulfone groups is 1. The highest BCUT2D eigenvalue weighted by Crippen LogP contribution is 2.29. The van der Waals surface area contributed by atoms with Gasteiger partial charge in [0.05, 0.1) is 16.3 Å². The average molecular weight is 270 g/mol. The summed E-state index contributed by atoms with van der Waals surface area (Å²) in [7, 11) is -3.27. The number of nitrogens with two attached hydrogens (primary N) is 1. The molecule has 4 nitrogen and oxygen atoms in total. The van der Waals surface area contributed by atoms with Crippen LogP contribution in [0.5, 0.6) is 0 Å². The van der Waals surface area contributed by atoms with E-state index < -0.39 is 9.84 Å². The number of unbranched alkanes of at least 4 members (excludes halogenated alkanes) is 1. The molecule has 1 aromatic rings. The first-order chi connectivity index (χ1) is 8.41. The van der Waals surface area contributed by atoms with Gasteiger partial charge in [-0.1, -0.05) is 19.4 Å². The molecule has 0 saturated heterocycles. The van der Waals surface area contributed by atoms with Gasteiger partial charge in [0.2, 0.25) is 0 Å². The first-order valence-electron chi connectivity index (χ1n) is 6.25. The highest BCUT2D eigenvalue weighted by molar-refractivity contribution is 7.90. The van der Waals surface area contributed by atoms with Crippen molar-refractivity contribution in [3.8, 4) is 0 Å². The number of nitrogens with zero attached hydrogens (tertiary/aromatic N) is 1. The molecule has 0 heterocycles. The van der Waals surface area contributed by atoms with Crippen LogP contribution in [0.15, 0.2) is 23.1 Å². The Morgan fingerprint density at radius 1 is 1.28 bits per heavy atom. The van der Waals surface area contributed by atoms with Crippen LogP contribution in [0, 0.1) is 0 Å². The fourth-order valence-electron chi connectivity index (χ4n) is 1.93. The predicted molar refractivity (Wildman–Crippen MR) is 76.8 cm³/mol. The van der Waals surface area contributed by atoms with E-state index in [-0.39, 0.29) is 4.90 Å². The molecule has 18 heavy (non-hydrogen) atoms. The Bertz CT molecular complexity index is 498. The maximum atomic E-state index is 11.6. The van der Waals surface area contributed by atoms with E-state index in [1.54, 1.807) is 12.1 Å². The summed E-state index contributed by atoms with van der Waals surface area (Å²) in [6.45, 7) is 5.88. The summed E-state index contributed by atoms with van der Waals surface area (Å²) in [6.07, 6.45) is 3.35. The fraction of sp³-hybridized carbons (Fsp3) is 0.538. The molecule has 102 valence electrons. The maximum absolute atomic E-state index is 11.6.